The van der Waals surface area contributed by atoms with Crippen LogP contribution in [0.3, 0.4) is 0 Å². The average Bonchev–Trinajstić information content (AvgIpc) is 3.79. The molecule has 10 nitrogen and oxygen atoms in total. The van der Waals surface area contributed by atoms with Gasteiger partial charge in [0.05, 0.1) is 29.6 Å². The van der Waals surface area contributed by atoms with Gasteiger partial charge in [-0.2, -0.15) is 5.21 Å². The minimum Gasteiger partial charge on any atom is -0.465 e. The molecular formula is C31H29N7O3S. The van der Waals surface area contributed by atoms with Crippen LogP contribution in [0.15, 0.2) is 77.0 Å². The lowest BCUT2D eigenvalue weighted by Crippen LogP contribution is -2.23. The number of hydrogen-bond acceptors (Lipinski definition) is 8. The van der Waals surface area contributed by atoms with E-state index in [1.807, 2.05) is 28.1 Å². The molecule has 2 aromatic carbocycles. The van der Waals surface area contributed by atoms with E-state index < -0.39 is 5.97 Å². The topological polar surface area (TPSA) is 121 Å². The monoisotopic (exact) mass is 579 g/mol. The van der Waals surface area contributed by atoms with Gasteiger partial charge in [-0.05, 0) is 51.9 Å². The third-order valence-corrected chi connectivity index (χ3v) is 8.20. The van der Waals surface area contributed by atoms with Gasteiger partial charge in [-0.1, -0.05) is 55.8 Å². The van der Waals surface area contributed by atoms with Gasteiger partial charge in [-0.15, -0.1) is 21.5 Å². The predicted molar refractivity (Wildman–Crippen MR) is 162 cm³/mol. The molecular weight excluding hydrogens is 550 g/mol. The van der Waals surface area contributed by atoms with E-state index in [-0.39, 0.29) is 12.1 Å². The van der Waals surface area contributed by atoms with E-state index in [1.165, 1.54) is 7.11 Å². The summed E-state index contributed by atoms with van der Waals surface area (Å²) in [6.45, 7) is 2.90. The number of rotatable bonds is 10. The van der Waals surface area contributed by atoms with Crippen LogP contribution in [0.5, 0.6) is 0 Å². The second-order valence-electron chi connectivity index (χ2n) is 9.94. The molecule has 6 aromatic rings. The molecule has 0 spiro atoms. The number of carbonyl (C=O) groups is 1. The number of ether oxygens (including phenoxy) is 1. The standard InChI is InChI=1S/C31H29N7O3S/c1-3-4-9-26-32-25-14-16-37(19-22-7-5-6-8-24(22)31(40)41-2)30(39)27(25)38(26)18-20-10-12-21(13-11-20)23-15-17-42-28(23)29-33-35-36-34-29/h5-8,10-17H,3-4,9,18-19H2,1-2H3,(H,33,34,35,36). The summed E-state index contributed by atoms with van der Waals surface area (Å²) in [7, 11) is 1.35. The van der Waals surface area contributed by atoms with E-state index in [4.69, 9.17) is 9.72 Å². The SMILES string of the molecule is CCCCc1nc2ccn(Cc3ccccc3C(=O)OC)c(=O)c2n1Cc1ccc(-c2ccsc2-c2nn[nH]n2)cc1. The van der Waals surface area contributed by atoms with Gasteiger partial charge in [-0.25, -0.2) is 9.78 Å². The smallest absolute Gasteiger partial charge is 0.338 e. The van der Waals surface area contributed by atoms with Gasteiger partial charge in [-0.3, -0.25) is 4.79 Å². The molecule has 0 bridgehead atoms. The Labute approximate surface area is 245 Å². The number of aromatic nitrogens is 7. The van der Waals surface area contributed by atoms with Crippen LogP contribution in [-0.2, 0) is 24.2 Å². The summed E-state index contributed by atoms with van der Waals surface area (Å²) in [5.41, 5.74) is 5.38. The van der Waals surface area contributed by atoms with Crippen molar-refractivity contribution in [1.29, 1.82) is 0 Å². The highest BCUT2D eigenvalue weighted by atomic mass is 32.1. The van der Waals surface area contributed by atoms with Crippen LogP contribution in [0.4, 0.5) is 0 Å². The van der Waals surface area contributed by atoms with Crippen LogP contribution < -0.4 is 5.56 Å². The summed E-state index contributed by atoms with van der Waals surface area (Å²) in [6.07, 6.45) is 4.52. The van der Waals surface area contributed by atoms with E-state index in [0.717, 1.165) is 46.7 Å². The lowest BCUT2D eigenvalue weighted by molar-refractivity contribution is 0.0599. The molecule has 6 rings (SSSR count). The van der Waals surface area contributed by atoms with Crippen LogP contribution >= 0.6 is 11.3 Å². The largest absolute Gasteiger partial charge is 0.465 e. The number of carbonyl (C=O) groups excluding carboxylic acids is 1. The number of tetrazole rings is 1. The highest BCUT2D eigenvalue weighted by Gasteiger charge is 2.18. The maximum absolute atomic E-state index is 13.9. The fourth-order valence-corrected chi connectivity index (χ4v) is 5.98. The Morgan fingerprint density at radius 3 is 2.64 bits per heavy atom. The Kier molecular flexibility index (Phi) is 7.74. The van der Waals surface area contributed by atoms with E-state index in [9.17, 15) is 9.59 Å². The number of unbranched alkanes of at least 4 members (excludes halogenated alkanes) is 1. The van der Waals surface area contributed by atoms with Crippen molar-refractivity contribution in [3.63, 3.8) is 0 Å². The Bertz CT molecular complexity index is 1900. The summed E-state index contributed by atoms with van der Waals surface area (Å²) in [4.78, 5) is 32.1. The van der Waals surface area contributed by atoms with Crippen molar-refractivity contribution in [3.8, 4) is 21.8 Å². The third kappa shape index (κ3) is 5.26. The predicted octanol–water partition coefficient (Wildman–Crippen LogP) is 5.33. The summed E-state index contributed by atoms with van der Waals surface area (Å²) < 4.78 is 8.62. The fraction of sp³-hybridized carbons (Fsp3) is 0.226. The van der Waals surface area contributed by atoms with Crippen molar-refractivity contribution in [2.24, 2.45) is 0 Å². The normalized spacial score (nSPS) is 11.3. The van der Waals surface area contributed by atoms with Crippen molar-refractivity contribution in [3.05, 3.63) is 105 Å². The molecule has 212 valence electrons. The molecule has 0 saturated carbocycles. The van der Waals surface area contributed by atoms with Crippen LogP contribution in [0.25, 0.3) is 32.9 Å². The molecule has 1 N–H and O–H groups in total. The van der Waals surface area contributed by atoms with Crippen LogP contribution in [0.2, 0.25) is 0 Å². The quantitative estimate of drug-likeness (QED) is 0.218. The molecule has 0 saturated heterocycles. The Morgan fingerprint density at radius 1 is 1.05 bits per heavy atom. The third-order valence-electron chi connectivity index (χ3n) is 7.29. The van der Waals surface area contributed by atoms with Gasteiger partial charge < -0.3 is 13.9 Å². The Balaban J connectivity index is 1.35. The number of imidazole rings is 1. The van der Waals surface area contributed by atoms with E-state index in [0.29, 0.717) is 34.5 Å². The van der Waals surface area contributed by atoms with Crippen molar-refractivity contribution in [1.82, 2.24) is 34.7 Å². The fourth-order valence-electron chi connectivity index (χ4n) is 5.14. The molecule has 0 unspecified atom stereocenters. The number of nitrogens with one attached hydrogen (secondary N) is 1. The lowest BCUT2D eigenvalue weighted by Gasteiger charge is -2.12. The van der Waals surface area contributed by atoms with E-state index in [1.54, 1.807) is 34.2 Å². The molecule has 0 atom stereocenters. The number of methoxy groups -OCH3 is 1. The van der Waals surface area contributed by atoms with Gasteiger partial charge in [0.15, 0.2) is 0 Å². The molecule has 4 aromatic heterocycles. The van der Waals surface area contributed by atoms with Crippen molar-refractivity contribution < 1.29 is 9.53 Å². The number of esters is 1. The summed E-state index contributed by atoms with van der Waals surface area (Å²) in [5.74, 6) is 1.03. The zero-order chi connectivity index (χ0) is 29.1. The zero-order valence-electron chi connectivity index (χ0n) is 23.3. The van der Waals surface area contributed by atoms with Crippen molar-refractivity contribution >= 4 is 28.3 Å². The number of hydrogen-bond donors (Lipinski definition) is 1. The minimum atomic E-state index is -0.429. The minimum absolute atomic E-state index is 0.151. The second kappa shape index (κ2) is 11.9. The Hall–Kier alpha value is -4.90. The van der Waals surface area contributed by atoms with Crippen molar-refractivity contribution in [2.75, 3.05) is 7.11 Å². The first-order chi connectivity index (χ1) is 20.6. The van der Waals surface area contributed by atoms with E-state index in [2.05, 4.69) is 57.9 Å². The molecule has 42 heavy (non-hydrogen) atoms. The zero-order valence-corrected chi connectivity index (χ0v) is 24.1. The number of aromatic amines is 1. The van der Waals surface area contributed by atoms with Crippen LogP contribution in [-0.4, -0.2) is 47.8 Å². The number of thiophene rings is 1. The highest BCUT2D eigenvalue weighted by Crippen LogP contribution is 2.34. The maximum atomic E-state index is 13.9. The first-order valence-corrected chi connectivity index (χ1v) is 14.6. The second-order valence-corrected chi connectivity index (χ2v) is 10.9. The maximum Gasteiger partial charge on any atom is 0.338 e. The molecule has 0 aliphatic heterocycles. The lowest BCUT2D eigenvalue weighted by atomic mass is 10.0. The average molecular weight is 580 g/mol. The van der Waals surface area contributed by atoms with Crippen molar-refractivity contribution in [2.45, 2.75) is 39.3 Å². The van der Waals surface area contributed by atoms with Crippen LogP contribution in [0, 0.1) is 0 Å². The molecule has 11 heteroatoms. The molecule has 4 heterocycles. The first-order valence-electron chi connectivity index (χ1n) is 13.7. The van der Waals surface area contributed by atoms with Gasteiger partial charge in [0.1, 0.15) is 11.3 Å². The van der Waals surface area contributed by atoms with Gasteiger partial charge in [0.2, 0.25) is 5.82 Å². The molecule has 0 amide bonds. The first kappa shape index (κ1) is 27.3. The van der Waals surface area contributed by atoms with Gasteiger partial charge >= 0.3 is 5.97 Å². The number of fused-ring (bicyclic) bond motifs is 1. The summed E-state index contributed by atoms with van der Waals surface area (Å²) >= 11 is 1.57. The van der Waals surface area contributed by atoms with E-state index >= 15 is 0 Å². The number of H-pyrrole nitrogens is 1. The molecule has 0 aliphatic rings. The van der Waals surface area contributed by atoms with Crippen LogP contribution in [0.1, 0.15) is 47.1 Å². The number of pyridine rings is 1. The summed E-state index contributed by atoms with van der Waals surface area (Å²) in [5, 5.41) is 16.5. The molecule has 0 aliphatic carbocycles. The number of benzene rings is 2. The number of aryl methyl sites for hydroxylation is 1. The van der Waals surface area contributed by atoms with Gasteiger partial charge in [0.25, 0.3) is 5.56 Å². The Morgan fingerprint density at radius 2 is 1.88 bits per heavy atom. The summed E-state index contributed by atoms with van der Waals surface area (Å²) in [6, 6.07) is 19.4. The highest BCUT2D eigenvalue weighted by molar-refractivity contribution is 7.14. The molecule has 0 fully saturated rings. The number of nitrogens with zero attached hydrogens (tertiary/aromatic N) is 6. The molecule has 0 radical (unpaired) electrons. The van der Waals surface area contributed by atoms with Gasteiger partial charge in [0, 0.05) is 24.7 Å².